The topological polar surface area (TPSA) is 37.8 Å². The van der Waals surface area contributed by atoms with Gasteiger partial charge in [-0.15, -0.1) is 11.8 Å². The average Bonchev–Trinajstić information content (AvgIpc) is 2.49. The third-order valence-electron chi connectivity index (χ3n) is 3.13. The summed E-state index contributed by atoms with van der Waals surface area (Å²) in [6, 6.07) is 7.94. The number of nitrogens with zero attached hydrogens (tertiary/aromatic N) is 2. The van der Waals surface area contributed by atoms with Gasteiger partial charge in [0.2, 0.25) is 0 Å². The zero-order chi connectivity index (χ0) is 15.2. The van der Waals surface area contributed by atoms with E-state index in [1.54, 1.807) is 11.8 Å². The summed E-state index contributed by atoms with van der Waals surface area (Å²) in [6.07, 6.45) is 0.832. The maximum absolute atomic E-state index is 6.21. The minimum absolute atomic E-state index is 0.805. The van der Waals surface area contributed by atoms with Crippen molar-refractivity contribution in [2.75, 3.05) is 11.9 Å². The van der Waals surface area contributed by atoms with Gasteiger partial charge in [0.15, 0.2) is 0 Å². The van der Waals surface area contributed by atoms with Crippen LogP contribution in [0.5, 0.6) is 0 Å². The van der Waals surface area contributed by atoms with Crippen molar-refractivity contribution in [3.63, 3.8) is 0 Å². The molecule has 0 aliphatic heterocycles. The van der Waals surface area contributed by atoms with Gasteiger partial charge in [-0.3, -0.25) is 0 Å². The Morgan fingerprint density at radius 1 is 1.19 bits per heavy atom. The number of aromatic nitrogens is 2. The van der Waals surface area contributed by atoms with Crippen LogP contribution in [0.2, 0.25) is 5.02 Å². The molecule has 0 unspecified atom stereocenters. The van der Waals surface area contributed by atoms with Crippen molar-refractivity contribution in [1.82, 2.24) is 9.97 Å². The second kappa shape index (κ2) is 7.66. The molecule has 0 saturated heterocycles. The van der Waals surface area contributed by atoms with Gasteiger partial charge in [0.1, 0.15) is 16.7 Å². The monoisotopic (exact) mass is 321 g/mol. The van der Waals surface area contributed by atoms with Gasteiger partial charge in [0, 0.05) is 29.3 Å². The number of nitrogens with one attached hydrogen (secondary N) is 1. The molecule has 0 spiro atoms. The van der Waals surface area contributed by atoms with Crippen LogP contribution in [-0.4, -0.2) is 16.5 Å². The standard InChI is InChI=1S/C16H20ClN3S/c1-4-14-19-15(18-5-2)11(3)16(20-14)21-10-12-8-6-7-9-13(12)17/h6-9H,4-5,10H2,1-3H3,(H,18,19,20). The second-order valence-corrected chi connectivity index (χ2v) is 6.05. The predicted molar refractivity (Wildman–Crippen MR) is 91.3 cm³/mol. The number of halogens is 1. The van der Waals surface area contributed by atoms with Crippen LogP contribution in [0.25, 0.3) is 0 Å². The molecule has 2 rings (SSSR count). The molecule has 5 heteroatoms. The molecule has 0 radical (unpaired) electrons. The highest BCUT2D eigenvalue weighted by molar-refractivity contribution is 7.98. The number of thioether (sulfide) groups is 1. The fourth-order valence-corrected chi connectivity index (χ4v) is 3.25. The Hall–Kier alpha value is -1.26. The summed E-state index contributed by atoms with van der Waals surface area (Å²) in [5.74, 6) is 2.62. The first-order valence-electron chi connectivity index (χ1n) is 7.13. The number of benzene rings is 1. The first-order chi connectivity index (χ1) is 10.2. The molecule has 0 fully saturated rings. The van der Waals surface area contributed by atoms with Crippen molar-refractivity contribution in [2.45, 2.75) is 38.0 Å². The van der Waals surface area contributed by atoms with Gasteiger partial charge < -0.3 is 5.32 Å². The molecule has 0 atom stereocenters. The zero-order valence-corrected chi connectivity index (χ0v) is 14.2. The normalized spacial score (nSPS) is 10.7. The SMILES string of the molecule is CCNc1nc(CC)nc(SCc2ccccc2Cl)c1C. The van der Waals surface area contributed by atoms with Gasteiger partial charge in [-0.1, -0.05) is 36.7 Å². The lowest BCUT2D eigenvalue weighted by Crippen LogP contribution is -2.07. The summed E-state index contributed by atoms with van der Waals surface area (Å²) in [4.78, 5) is 9.20. The summed E-state index contributed by atoms with van der Waals surface area (Å²) in [7, 11) is 0. The highest BCUT2D eigenvalue weighted by Crippen LogP contribution is 2.30. The van der Waals surface area contributed by atoms with Crippen molar-refractivity contribution >= 4 is 29.2 Å². The first-order valence-corrected chi connectivity index (χ1v) is 8.49. The first kappa shape index (κ1) is 16.1. The Morgan fingerprint density at radius 2 is 1.95 bits per heavy atom. The van der Waals surface area contributed by atoms with Gasteiger partial charge in [-0.2, -0.15) is 0 Å². The van der Waals surface area contributed by atoms with E-state index in [9.17, 15) is 0 Å². The highest BCUT2D eigenvalue weighted by Gasteiger charge is 2.11. The maximum atomic E-state index is 6.21. The van der Waals surface area contributed by atoms with E-state index in [-0.39, 0.29) is 0 Å². The van der Waals surface area contributed by atoms with Crippen molar-refractivity contribution < 1.29 is 0 Å². The van der Waals surface area contributed by atoms with Crippen LogP contribution >= 0.6 is 23.4 Å². The molecule has 3 nitrogen and oxygen atoms in total. The van der Waals surface area contributed by atoms with E-state index in [4.69, 9.17) is 11.6 Å². The Kier molecular flexibility index (Phi) is 5.88. The van der Waals surface area contributed by atoms with Crippen LogP contribution in [0.15, 0.2) is 29.3 Å². The largest absolute Gasteiger partial charge is 0.370 e. The van der Waals surface area contributed by atoms with Crippen molar-refractivity contribution in [1.29, 1.82) is 0 Å². The molecule has 1 heterocycles. The Labute approximate surface area is 135 Å². The molecular weight excluding hydrogens is 302 g/mol. The molecule has 0 aliphatic rings. The fourth-order valence-electron chi connectivity index (χ4n) is 1.94. The molecule has 2 aromatic rings. The lowest BCUT2D eigenvalue weighted by molar-refractivity contribution is 0.870. The van der Waals surface area contributed by atoms with E-state index in [1.807, 2.05) is 18.2 Å². The summed E-state index contributed by atoms with van der Waals surface area (Å²) >= 11 is 7.92. The third-order valence-corrected chi connectivity index (χ3v) is 4.63. The quantitative estimate of drug-likeness (QED) is 0.617. The molecule has 0 bridgehead atoms. The fraction of sp³-hybridized carbons (Fsp3) is 0.375. The van der Waals surface area contributed by atoms with Crippen molar-refractivity contribution in [3.05, 3.63) is 46.2 Å². The molecule has 0 aliphatic carbocycles. The molecule has 112 valence electrons. The van der Waals surface area contributed by atoms with Crippen molar-refractivity contribution in [3.8, 4) is 0 Å². The number of aryl methyl sites for hydroxylation is 1. The minimum atomic E-state index is 0.805. The number of rotatable bonds is 6. The van der Waals surface area contributed by atoms with Crippen LogP contribution in [0.3, 0.4) is 0 Å². The van der Waals surface area contributed by atoms with E-state index in [0.29, 0.717) is 0 Å². The van der Waals surface area contributed by atoms with Crippen LogP contribution in [0, 0.1) is 6.92 Å². The van der Waals surface area contributed by atoms with Gasteiger partial charge in [-0.25, -0.2) is 9.97 Å². The third kappa shape index (κ3) is 4.11. The molecular formula is C16H20ClN3S. The van der Waals surface area contributed by atoms with E-state index in [1.165, 1.54) is 0 Å². The Morgan fingerprint density at radius 3 is 2.62 bits per heavy atom. The van der Waals surface area contributed by atoms with Crippen LogP contribution in [-0.2, 0) is 12.2 Å². The van der Waals surface area contributed by atoms with Gasteiger partial charge in [0.25, 0.3) is 0 Å². The Balaban J connectivity index is 2.22. The van der Waals surface area contributed by atoms with E-state index in [0.717, 1.165) is 51.5 Å². The lowest BCUT2D eigenvalue weighted by atomic mass is 10.2. The second-order valence-electron chi connectivity index (χ2n) is 4.68. The molecule has 0 amide bonds. The number of hydrogen-bond acceptors (Lipinski definition) is 4. The number of hydrogen-bond donors (Lipinski definition) is 1. The van der Waals surface area contributed by atoms with Gasteiger partial charge >= 0.3 is 0 Å². The maximum Gasteiger partial charge on any atom is 0.133 e. The van der Waals surface area contributed by atoms with Crippen molar-refractivity contribution in [2.24, 2.45) is 0 Å². The van der Waals surface area contributed by atoms with E-state index >= 15 is 0 Å². The average molecular weight is 322 g/mol. The minimum Gasteiger partial charge on any atom is -0.370 e. The van der Waals surface area contributed by atoms with Gasteiger partial charge in [0.05, 0.1) is 0 Å². The molecule has 1 aromatic carbocycles. The van der Waals surface area contributed by atoms with E-state index < -0.39 is 0 Å². The molecule has 21 heavy (non-hydrogen) atoms. The van der Waals surface area contributed by atoms with Crippen LogP contribution in [0.1, 0.15) is 30.8 Å². The summed E-state index contributed by atoms with van der Waals surface area (Å²) in [5.41, 5.74) is 2.23. The summed E-state index contributed by atoms with van der Waals surface area (Å²) in [5, 5.41) is 5.14. The van der Waals surface area contributed by atoms with E-state index in [2.05, 4.69) is 42.1 Å². The molecule has 1 aromatic heterocycles. The Bertz CT molecular complexity index is 616. The number of anilines is 1. The smallest absolute Gasteiger partial charge is 0.133 e. The molecule has 1 N–H and O–H groups in total. The predicted octanol–water partition coefficient (Wildman–Crippen LogP) is 4.72. The summed E-state index contributed by atoms with van der Waals surface area (Å²) in [6.45, 7) is 7.06. The van der Waals surface area contributed by atoms with Crippen LogP contribution in [0.4, 0.5) is 5.82 Å². The highest BCUT2D eigenvalue weighted by atomic mass is 35.5. The molecule has 0 saturated carbocycles. The zero-order valence-electron chi connectivity index (χ0n) is 12.6. The summed E-state index contributed by atoms with van der Waals surface area (Å²) < 4.78 is 0. The van der Waals surface area contributed by atoms with Crippen LogP contribution < -0.4 is 5.32 Å². The lowest BCUT2D eigenvalue weighted by Gasteiger charge is -2.12. The van der Waals surface area contributed by atoms with Gasteiger partial charge in [-0.05, 0) is 25.5 Å².